The van der Waals surface area contributed by atoms with Crippen molar-refractivity contribution in [2.45, 2.75) is 24.9 Å². The number of ether oxygens (including phenoxy) is 2. The van der Waals surface area contributed by atoms with Gasteiger partial charge in [-0.15, -0.1) is 0 Å². The van der Waals surface area contributed by atoms with E-state index in [0.717, 1.165) is 34.4 Å². The molecule has 0 amide bonds. The first kappa shape index (κ1) is 10.4. The molecule has 2 aliphatic rings. The minimum Gasteiger partial charge on any atom is -0.486 e. The summed E-state index contributed by atoms with van der Waals surface area (Å²) in [6, 6.07) is 3.91. The van der Waals surface area contributed by atoms with Gasteiger partial charge in [0.25, 0.3) is 0 Å². The van der Waals surface area contributed by atoms with Crippen LogP contribution in [0.4, 0.5) is 0 Å². The van der Waals surface area contributed by atoms with E-state index in [-0.39, 0.29) is 0 Å². The van der Waals surface area contributed by atoms with E-state index in [2.05, 4.69) is 15.9 Å². The van der Waals surface area contributed by atoms with Crippen molar-refractivity contribution in [3.05, 3.63) is 22.2 Å². The molecule has 1 N–H and O–H groups in total. The molecule has 0 radical (unpaired) electrons. The molecule has 1 saturated carbocycles. The first-order valence-corrected chi connectivity index (χ1v) is 6.27. The standard InChI is InChI=1S/C12H13BrO3/c13-10-8(7-12(14)3-4-12)1-2-9-11(10)16-6-5-15-9/h1-2,14H,3-7H2. The molecule has 1 aromatic carbocycles. The normalized spacial score (nSPS) is 20.6. The number of hydrogen-bond acceptors (Lipinski definition) is 3. The second kappa shape index (κ2) is 3.64. The largest absolute Gasteiger partial charge is 0.486 e. The average molecular weight is 285 g/mol. The van der Waals surface area contributed by atoms with Crippen molar-refractivity contribution in [3.8, 4) is 11.5 Å². The van der Waals surface area contributed by atoms with Gasteiger partial charge < -0.3 is 14.6 Å². The monoisotopic (exact) mass is 284 g/mol. The molecule has 0 saturated heterocycles. The molecule has 0 atom stereocenters. The molecular formula is C12H13BrO3. The molecule has 1 aromatic rings. The first-order chi connectivity index (χ1) is 7.68. The van der Waals surface area contributed by atoms with Crippen LogP contribution in [0.2, 0.25) is 0 Å². The first-order valence-electron chi connectivity index (χ1n) is 5.47. The van der Waals surface area contributed by atoms with Crippen LogP contribution < -0.4 is 9.47 Å². The van der Waals surface area contributed by atoms with Crippen LogP contribution in [0.25, 0.3) is 0 Å². The number of rotatable bonds is 2. The zero-order valence-corrected chi connectivity index (χ0v) is 10.4. The fourth-order valence-corrected chi connectivity index (χ4v) is 2.52. The second-order valence-electron chi connectivity index (χ2n) is 4.46. The van der Waals surface area contributed by atoms with Crippen molar-refractivity contribution in [2.75, 3.05) is 13.2 Å². The third-order valence-corrected chi connectivity index (χ3v) is 3.94. The van der Waals surface area contributed by atoms with Gasteiger partial charge in [0, 0.05) is 6.42 Å². The molecule has 16 heavy (non-hydrogen) atoms. The van der Waals surface area contributed by atoms with Crippen molar-refractivity contribution < 1.29 is 14.6 Å². The maximum absolute atomic E-state index is 9.92. The Morgan fingerprint density at radius 2 is 2.00 bits per heavy atom. The summed E-state index contributed by atoms with van der Waals surface area (Å²) >= 11 is 3.53. The lowest BCUT2D eigenvalue weighted by Crippen LogP contribution is -2.17. The zero-order chi connectivity index (χ0) is 11.2. The molecule has 0 aromatic heterocycles. The van der Waals surface area contributed by atoms with E-state index < -0.39 is 5.60 Å². The quantitative estimate of drug-likeness (QED) is 0.906. The fourth-order valence-electron chi connectivity index (χ4n) is 1.93. The zero-order valence-electron chi connectivity index (χ0n) is 8.83. The van der Waals surface area contributed by atoms with Crippen LogP contribution in [0.5, 0.6) is 11.5 Å². The highest BCUT2D eigenvalue weighted by molar-refractivity contribution is 9.10. The van der Waals surface area contributed by atoms with Gasteiger partial charge in [-0.1, -0.05) is 6.07 Å². The van der Waals surface area contributed by atoms with E-state index in [9.17, 15) is 5.11 Å². The smallest absolute Gasteiger partial charge is 0.175 e. The van der Waals surface area contributed by atoms with Crippen LogP contribution >= 0.6 is 15.9 Å². The number of aliphatic hydroxyl groups is 1. The van der Waals surface area contributed by atoms with Crippen LogP contribution in [-0.2, 0) is 6.42 Å². The van der Waals surface area contributed by atoms with Crippen molar-refractivity contribution in [1.29, 1.82) is 0 Å². The van der Waals surface area contributed by atoms with Crippen molar-refractivity contribution in [2.24, 2.45) is 0 Å². The third kappa shape index (κ3) is 1.80. The van der Waals surface area contributed by atoms with Gasteiger partial charge in [-0.05, 0) is 40.4 Å². The molecular weight excluding hydrogens is 272 g/mol. The maximum Gasteiger partial charge on any atom is 0.175 e. The Morgan fingerprint density at radius 1 is 1.25 bits per heavy atom. The molecule has 0 bridgehead atoms. The Bertz CT molecular complexity index is 427. The van der Waals surface area contributed by atoms with Crippen molar-refractivity contribution in [1.82, 2.24) is 0 Å². The van der Waals surface area contributed by atoms with E-state index >= 15 is 0 Å². The summed E-state index contributed by atoms with van der Waals surface area (Å²) in [6.07, 6.45) is 2.48. The van der Waals surface area contributed by atoms with Crippen LogP contribution in [0.1, 0.15) is 18.4 Å². The Labute approximate surface area is 102 Å². The molecule has 3 rings (SSSR count). The summed E-state index contributed by atoms with van der Waals surface area (Å²) < 4.78 is 12.0. The molecule has 1 fully saturated rings. The second-order valence-corrected chi connectivity index (χ2v) is 5.26. The summed E-state index contributed by atoms with van der Waals surface area (Å²) in [5, 5.41) is 9.92. The van der Waals surface area contributed by atoms with Crippen LogP contribution in [0.15, 0.2) is 16.6 Å². The van der Waals surface area contributed by atoms with Gasteiger partial charge in [0.05, 0.1) is 10.1 Å². The average Bonchev–Trinajstić information content (AvgIpc) is 3.01. The molecule has 3 nitrogen and oxygen atoms in total. The van der Waals surface area contributed by atoms with Crippen LogP contribution in [0, 0.1) is 0 Å². The Balaban J connectivity index is 1.94. The molecule has 86 valence electrons. The lowest BCUT2D eigenvalue weighted by Gasteiger charge is -2.21. The Morgan fingerprint density at radius 3 is 2.75 bits per heavy atom. The van der Waals surface area contributed by atoms with E-state index in [0.29, 0.717) is 19.6 Å². The number of hydrogen-bond donors (Lipinski definition) is 1. The van der Waals surface area contributed by atoms with Gasteiger partial charge in [-0.3, -0.25) is 0 Å². The van der Waals surface area contributed by atoms with E-state index in [1.165, 1.54) is 0 Å². The highest BCUT2D eigenvalue weighted by Gasteiger charge is 2.40. The molecule has 4 heteroatoms. The number of benzene rings is 1. The highest BCUT2D eigenvalue weighted by atomic mass is 79.9. The topological polar surface area (TPSA) is 38.7 Å². The summed E-state index contributed by atoms with van der Waals surface area (Å²) in [5.74, 6) is 1.55. The summed E-state index contributed by atoms with van der Waals surface area (Å²) in [4.78, 5) is 0. The van der Waals surface area contributed by atoms with Crippen molar-refractivity contribution >= 4 is 15.9 Å². The van der Waals surface area contributed by atoms with Gasteiger partial charge in [0.15, 0.2) is 11.5 Å². The van der Waals surface area contributed by atoms with E-state index in [1.807, 2.05) is 12.1 Å². The predicted octanol–water partition coefficient (Wildman–Crippen LogP) is 2.29. The molecule has 0 spiro atoms. The molecule has 1 heterocycles. The summed E-state index contributed by atoms with van der Waals surface area (Å²) in [5.41, 5.74) is 0.607. The van der Waals surface area contributed by atoms with E-state index in [1.54, 1.807) is 0 Å². The van der Waals surface area contributed by atoms with Crippen LogP contribution in [-0.4, -0.2) is 23.9 Å². The highest BCUT2D eigenvalue weighted by Crippen LogP contribution is 2.44. The van der Waals surface area contributed by atoms with Gasteiger partial charge >= 0.3 is 0 Å². The third-order valence-electron chi connectivity index (χ3n) is 3.07. The Hall–Kier alpha value is -0.740. The van der Waals surface area contributed by atoms with Gasteiger partial charge in [0.2, 0.25) is 0 Å². The minimum absolute atomic E-state index is 0.480. The van der Waals surface area contributed by atoms with Gasteiger partial charge in [-0.2, -0.15) is 0 Å². The molecule has 1 aliphatic carbocycles. The van der Waals surface area contributed by atoms with Crippen LogP contribution in [0.3, 0.4) is 0 Å². The van der Waals surface area contributed by atoms with Gasteiger partial charge in [0.1, 0.15) is 13.2 Å². The number of halogens is 1. The summed E-state index contributed by atoms with van der Waals surface area (Å²) in [6.45, 7) is 1.18. The molecule has 0 unspecified atom stereocenters. The lowest BCUT2D eigenvalue weighted by molar-refractivity contribution is 0.149. The predicted molar refractivity (Wildman–Crippen MR) is 63.0 cm³/mol. The molecule has 1 aliphatic heterocycles. The van der Waals surface area contributed by atoms with E-state index in [4.69, 9.17) is 9.47 Å². The SMILES string of the molecule is OC1(Cc2ccc3c(c2Br)OCCO3)CC1. The summed E-state index contributed by atoms with van der Waals surface area (Å²) in [7, 11) is 0. The minimum atomic E-state index is -0.480. The van der Waals surface area contributed by atoms with Crippen molar-refractivity contribution in [3.63, 3.8) is 0 Å². The maximum atomic E-state index is 9.92. The Kier molecular flexibility index (Phi) is 2.37. The van der Waals surface area contributed by atoms with Gasteiger partial charge in [-0.25, -0.2) is 0 Å². The fraction of sp³-hybridized carbons (Fsp3) is 0.500. The number of fused-ring (bicyclic) bond motifs is 1. The lowest BCUT2D eigenvalue weighted by atomic mass is 10.1.